The summed E-state index contributed by atoms with van der Waals surface area (Å²) >= 11 is 0. The van der Waals surface area contributed by atoms with Crippen LogP contribution in [0.2, 0.25) is 0 Å². The van der Waals surface area contributed by atoms with Crippen LogP contribution < -0.4 is 0 Å². The van der Waals surface area contributed by atoms with E-state index in [1.807, 2.05) is 0 Å². The molecule has 0 radical (unpaired) electrons. The Labute approximate surface area is 108 Å². The molecule has 0 bridgehead atoms. The number of hydrogen-bond acceptors (Lipinski definition) is 0. The number of benzene rings is 1. The predicted molar refractivity (Wildman–Crippen MR) is 75.5 cm³/mol. The number of nitrogens with one attached hydrogen (secondary N) is 1. The molecule has 1 aromatic heterocycles. The molecule has 1 N–H and O–H groups in total. The van der Waals surface area contributed by atoms with Crippen molar-refractivity contribution in [3.8, 4) is 0 Å². The molecule has 15 heavy (non-hydrogen) atoms. The SMILES string of the molecule is C[N+](C)(C)Cc1c[nH]c2ccccc12.I. The van der Waals surface area contributed by atoms with Gasteiger partial charge in [-0.3, -0.25) is 0 Å². The van der Waals surface area contributed by atoms with E-state index in [0.29, 0.717) is 0 Å². The van der Waals surface area contributed by atoms with Gasteiger partial charge in [0.1, 0.15) is 6.54 Å². The third-order valence-corrected chi connectivity index (χ3v) is 2.32. The standard InChI is InChI=1S/C12H17N2.HI/c1-14(2,3)9-10-8-13-12-7-5-4-6-11(10)12;/h4-8,13H,9H2,1-3H3;1H/q+1;. The lowest BCUT2D eigenvalue weighted by Crippen LogP contribution is -2.33. The van der Waals surface area contributed by atoms with E-state index in [9.17, 15) is 0 Å². The maximum Gasteiger partial charge on any atom is 0.106 e. The van der Waals surface area contributed by atoms with E-state index in [2.05, 4.69) is 56.6 Å². The second-order valence-corrected chi connectivity index (χ2v) is 4.81. The first-order valence-electron chi connectivity index (χ1n) is 4.92. The first-order chi connectivity index (χ1) is 6.56. The van der Waals surface area contributed by atoms with Gasteiger partial charge < -0.3 is 9.47 Å². The molecule has 2 aromatic rings. The molecule has 82 valence electrons. The van der Waals surface area contributed by atoms with Gasteiger partial charge in [0.25, 0.3) is 0 Å². The number of quaternary nitrogens is 1. The van der Waals surface area contributed by atoms with E-state index in [1.165, 1.54) is 16.5 Å². The molecule has 1 heterocycles. The first kappa shape index (κ1) is 12.5. The molecule has 1 aromatic carbocycles. The number of para-hydroxylation sites is 1. The van der Waals surface area contributed by atoms with Gasteiger partial charge in [0.15, 0.2) is 0 Å². The van der Waals surface area contributed by atoms with Crippen molar-refractivity contribution in [3.05, 3.63) is 36.0 Å². The van der Waals surface area contributed by atoms with E-state index < -0.39 is 0 Å². The first-order valence-corrected chi connectivity index (χ1v) is 4.92. The van der Waals surface area contributed by atoms with E-state index in [1.54, 1.807) is 0 Å². The molecule has 2 nitrogen and oxygen atoms in total. The number of rotatable bonds is 2. The topological polar surface area (TPSA) is 15.8 Å². The number of nitrogens with zero attached hydrogens (tertiary/aromatic N) is 1. The Morgan fingerprint density at radius 1 is 1.13 bits per heavy atom. The number of aromatic amines is 1. The smallest absolute Gasteiger partial charge is 0.106 e. The summed E-state index contributed by atoms with van der Waals surface area (Å²) in [4.78, 5) is 3.30. The molecular weight excluding hydrogens is 299 g/mol. The number of fused-ring (bicyclic) bond motifs is 1. The molecule has 0 fully saturated rings. The average molecular weight is 317 g/mol. The second-order valence-electron chi connectivity index (χ2n) is 4.81. The van der Waals surface area contributed by atoms with Crippen LogP contribution in [-0.2, 0) is 6.54 Å². The normalized spacial score (nSPS) is 11.4. The number of aromatic nitrogens is 1. The van der Waals surface area contributed by atoms with E-state index in [0.717, 1.165) is 11.0 Å². The largest absolute Gasteiger partial charge is 0.361 e. The predicted octanol–water partition coefficient (Wildman–Crippen LogP) is 2.99. The Hall–Kier alpha value is -0.550. The maximum atomic E-state index is 3.30. The number of hydrogen-bond donors (Lipinski definition) is 1. The van der Waals surface area contributed by atoms with Crippen LogP contribution in [0.5, 0.6) is 0 Å². The Morgan fingerprint density at radius 3 is 2.47 bits per heavy atom. The van der Waals surface area contributed by atoms with Crippen molar-refractivity contribution >= 4 is 34.9 Å². The third kappa shape index (κ3) is 2.95. The van der Waals surface area contributed by atoms with Crippen molar-refractivity contribution in [2.75, 3.05) is 21.1 Å². The lowest BCUT2D eigenvalue weighted by molar-refractivity contribution is -0.883. The Balaban J connectivity index is 0.00000112. The van der Waals surface area contributed by atoms with Gasteiger partial charge in [0.05, 0.1) is 21.1 Å². The lowest BCUT2D eigenvalue weighted by atomic mass is 10.1. The summed E-state index contributed by atoms with van der Waals surface area (Å²) in [6, 6.07) is 8.45. The van der Waals surface area contributed by atoms with Gasteiger partial charge in [-0.1, -0.05) is 18.2 Å². The monoisotopic (exact) mass is 317 g/mol. The van der Waals surface area contributed by atoms with Gasteiger partial charge in [-0.05, 0) is 6.07 Å². The van der Waals surface area contributed by atoms with Crippen LogP contribution in [0.15, 0.2) is 30.5 Å². The minimum Gasteiger partial charge on any atom is -0.361 e. The summed E-state index contributed by atoms with van der Waals surface area (Å²) in [6.07, 6.45) is 2.12. The summed E-state index contributed by atoms with van der Waals surface area (Å²) in [5.41, 5.74) is 2.63. The van der Waals surface area contributed by atoms with Crippen molar-refractivity contribution in [3.63, 3.8) is 0 Å². The highest BCUT2D eigenvalue weighted by atomic mass is 127. The van der Waals surface area contributed by atoms with Crippen molar-refractivity contribution in [2.24, 2.45) is 0 Å². The van der Waals surface area contributed by atoms with Gasteiger partial charge in [-0.15, -0.1) is 24.0 Å². The van der Waals surface area contributed by atoms with Crippen LogP contribution >= 0.6 is 24.0 Å². The molecule has 3 heteroatoms. The van der Waals surface area contributed by atoms with E-state index in [4.69, 9.17) is 0 Å². The molecule has 2 rings (SSSR count). The molecule has 0 aliphatic carbocycles. The zero-order valence-electron chi connectivity index (χ0n) is 9.45. The molecule has 0 spiro atoms. The zero-order valence-corrected chi connectivity index (χ0v) is 11.8. The highest BCUT2D eigenvalue weighted by molar-refractivity contribution is 14.0. The highest BCUT2D eigenvalue weighted by Crippen LogP contribution is 2.19. The number of H-pyrrole nitrogens is 1. The van der Waals surface area contributed by atoms with Gasteiger partial charge >= 0.3 is 0 Å². The molecule has 0 aliphatic heterocycles. The third-order valence-electron chi connectivity index (χ3n) is 2.32. The fourth-order valence-electron chi connectivity index (χ4n) is 1.77. The van der Waals surface area contributed by atoms with Gasteiger partial charge in [-0.2, -0.15) is 0 Å². The minimum atomic E-state index is 0. The molecule has 0 aliphatic rings. The highest BCUT2D eigenvalue weighted by Gasteiger charge is 2.11. The molecule has 0 atom stereocenters. The van der Waals surface area contributed by atoms with Crippen LogP contribution in [0, 0.1) is 0 Å². The summed E-state index contributed by atoms with van der Waals surface area (Å²) in [5, 5.41) is 1.35. The van der Waals surface area contributed by atoms with Crippen LogP contribution in [0.25, 0.3) is 10.9 Å². The van der Waals surface area contributed by atoms with Gasteiger partial charge in [0.2, 0.25) is 0 Å². The molecule has 0 saturated carbocycles. The van der Waals surface area contributed by atoms with Crippen LogP contribution in [-0.4, -0.2) is 30.6 Å². The van der Waals surface area contributed by atoms with Crippen molar-refractivity contribution in [1.82, 2.24) is 4.98 Å². The summed E-state index contributed by atoms with van der Waals surface area (Å²) in [7, 11) is 6.63. The molecule has 0 unspecified atom stereocenters. The van der Waals surface area contributed by atoms with Gasteiger partial charge in [0, 0.05) is 22.7 Å². The molecule has 0 amide bonds. The van der Waals surface area contributed by atoms with Crippen molar-refractivity contribution in [1.29, 1.82) is 0 Å². The fourth-order valence-corrected chi connectivity index (χ4v) is 1.77. The second kappa shape index (κ2) is 4.53. The van der Waals surface area contributed by atoms with Crippen LogP contribution in [0.4, 0.5) is 0 Å². The molecular formula is C12H18IN2+. The summed E-state index contributed by atoms with van der Waals surface area (Å²) < 4.78 is 0.960. The van der Waals surface area contributed by atoms with E-state index in [-0.39, 0.29) is 24.0 Å². The van der Waals surface area contributed by atoms with Crippen LogP contribution in [0.1, 0.15) is 5.56 Å². The number of halogens is 1. The minimum absolute atomic E-state index is 0. The maximum absolute atomic E-state index is 3.30. The summed E-state index contributed by atoms with van der Waals surface area (Å²) in [6.45, 7) is 1.06. The summed E-state index contributed by atoms with van der Waals surface area (Å²) in [5.74, 6) is 0. The van der Waals surface area contributed by atoms with Crippen molar-refractivity contribution < 1.29 is 4.48 Å². The Bertz CT molecular complexity index is 440. The Morgan fingerprint density at radius 2 is 1.80 bits per heavy atom. The van der Waals surface area contributed by atoms with Gasteiger partial charge in [-0.25, -0.2) is 0 Å². The van der Waals surface area contributed by atoms with Crippen molar-refractivity contribution in [2.45, 2.75) is 6.54 Å². The van der Waals surface area contributed by atoms with E-state index >= 15 is 0 Å². The lowest BCUT2D eigenvalue weighted by Gasteiger charge is -2.23. The quantitative estimate of drug-likeness (QED) is 0.647. The zero-order chi connectivity index (χ0) is 10.2. The average Bonchev–Trinajstić information content (AvgIpc) is 2.47. The van der Waals surface area contributed by atoms with Crippen LogP contribution in [0.3, 0.4) is 0 Å². The molecule has 0 saturated heterocycles. The fraction of sp³-hybridized carbons (Fsp3) is 0.333. The Kier molecular flexibility index (Phi) is 3.78.